The van der Waals surface area contributed by atoms with Gasteiger partial charge in [0.25, 0.3) is 10.1 Å². The zero-order chi connectivity index (χ0) is 9.35. The number of halogens is 2. The van der Waals surface area contributed by atoms with Crippen LogP contribution in [-0.2, 0) is 10.1 Å². The minimum atomic E-state index is -4.24. The Morgan fingerprint density at radius 3 is 2.42 bits per heavy atom. The standard InChI is InChI=1S/C4H2Br2N2O3S/c5-3-2(12(9,10)11)1-7-4(6)8-3/h1H,(H,9,10,11). The Hall–Kier alpha value is -0.0500. The van der Waals surface area contributed by atoms with Gasteiger partial charge >= 0.3 is 0 Å². The van der Waals surface area contributed by atoms with Crippen LogP contribution in [0.4, 0.5) is 0 Å². The van der Waals surface area contributed by atoms with Gasteiger partial charge in [0, 0.05) is 0 Å². The first-order valence-corrected chi connectivity index (χ1v) is 5.59. The molecular weight excluding hydrogens is 316 g/mol. The molecule has 1 aromatic heterocycles. The first kappa shape index (κ1) is 10.0. The van der Waals surface area contributed by atoms with Crippen LogP contribution in [0.1, 0.15) is 0 Å². The molecule has 0 aliphatic heterocycles. The molecule has 0 atom stereocenters. The highest BCUT2D eigenvalue weighted by Gasteiger charge is 2.15. The topological polar surface area (TPSA) is 80.2 Å². The van der Waals surface area contributed by atoms with E-state index in [1.807, 2.05) is 0 Å². The molecule has 0 fully saturated rings. The lowest BCUT2D eigenvalue weighted by Crippen LogP contribution is -2.01. The molecule has 5 nitrogen and oxygen atoms in total. The lowest BCUT2D eigenvalue weighted by molar-refractivity contribution is 0.481. The molecule has 0 radical (unpaired) electrons. The van der Waals surface area contributed by atoms with Crippen LogP contribution >= 0.6 is 31.9 Å². The second kappa shape index (κ2) is 3.36. The van der Waals surface area contributed by atoms with E-state index in [-0.39, 0.29) is 14.2 Å². The van der Waals surface area contributed by atoms with Crippen molar-refractivity contribution < 1.29 is 13.0 Å². The number of aromatic nitrogens is 2. The van der Waals surface area contributed by atoms with Gasteiger partial charge < -0.3 is 0 Å². The first-order valence-electron chi connectivity index (χ1n) is 2.57. The van der Waals surface area contributed by atoms with E-state index in [1.165, 1.54) is 0 Å². The van der Waals surface area contributed by atoms with Crippen LogP contribution in [0.15, 0.2) is 20.4 Å². The number of rotatable bonds is 1. The fourth-order valence-electron chi connectivity index (χ4n) is 0.503. The summed E-state index contributed by atoms with van der Waals surface area (Å²) < 4.78 is 30.1. The third kappa shape index (κ3) is 2.22. The second-order valence-electron chi connectivity index (χ2n) is 1.77. The minimum absolute atomic E-state index is 0.0203. The highest BCUT2D eigenvalue weighted by atomic mass is 79.9. The Kier molecular flexibility index (Phi) is 2.81. The van der Waals surface area contributed by atoms with Gasteiger partial charge in [-0.3, -0.25) is 4.55 Å². The number of hydrogen-bond acceptors (Lipinski definition) is 4. The summed E-state index contributed by atoms with van der Waals surface area (Å²) in [4.78, 5) is 6.81. The van der Waals surface area contributed by atoms with Gasteiger partial charge in [-0.2, -0.15) is 8.42 Å². The van der Waals surface area contributed by atoms with Crippen molar-refractivity contribution >= 4 is 42.0 Å². The summed E-state index contributed by atoms with van der Waals surface area (Å²) in [7, 11) is -4.24. The van der Waals surface area contributed by atoms with Gasteiger partial charge in [0.05, 0.1) is 6.20 Å². The van der Waals surface area contributed by atoms with Crippen molar-refractivity contribution in [2.75, 3.05) is 0 Å². The summed E-state index contributed by atoms with van der Waals surface area (Å²) in [5, 5.41) is 0. The van der Waals surface area contributed by atoms with Crippen LogP contribution in [0.2, 0.25) is 0 Å². The molecule has 0 aliphatic rings. The fraction of sp³-hybridized carbons (Fsp3) is 0. The largest absolute Gasteiger partial charge is 0.298 e. The van der Waals surface area contributed by atoms with Gasteiger partial charge in [-0.05, 0) is 31.9 Å². The lowest BCUT2D eigenvalue weighted by atomic mass is 10.7. The van der Waals surface area contributed by atoms with Crippen LogP contribution in [-0.4, -0.2) is 22.9 Å². The van der Waals surface area contributed by atoms with Crippen molar-refractivity contribution in [3.05, 3.63) is 15.5 Å². The smallest absolute Gasteiger partial charge is 0.282 e. The molecule has 0 spiro atoms. The molecule has 0 bridgehead atoms. The normalized spacial score (nSPS) is 11.6. The zero-order valence-electron chi connectivity index (χ0n) is 5.40. The van der Waals surface area contributed by atoms with Crippen molar-refractivity contribution in [3.63, 3.8) is 0 Å². The molecule has 1 heterocycles. The van der Waals surface area contributed by atoms with E-state index < -0.39 is 10.1 Å². The predicted octanol–water partition coefficient (Wildman–Crippen LogP) is 1.25. The summed E-state index contributed by atoms with van der Waals surface area (Å²) in [6.07, 6.45) is 0.997. The van der Waals surface area contributed by atoms with Crippen LogP contribution < -0.4 is 0 Å². The van der Waals surface area contributed by atoms with Crippen molar-refractivity contribution in [2.24, 2.45) is 0 Å². The molecular formula is C4H2Br2N2O3S. The zero-order valence-corrected chi connectivity index (χ0v) is 9.39. The summed E-state index contributed by atoms with van der Waals surface area (Å²) in [6.45, 7) is 0. The van der Waals surface area contributed by atoms with Crippen molar-refractivity contribution in [1.29, 1.82) is 0 Å². The molecule has 1 N–H and O–H groups in total. The third-order valence-corrected chi connectivity index (χ3v) is 3.06. The number of nitrogens with zero attached hydrogens (tertiary/aromatic N) is 2. The molecule has 12 heavy (non-hydrogen) atoms. The Balaban J connectivity index is 3.39. The molecule has 0 aliphatic carbocycles. The average Bonchev–Trinajstić information content (AvgIpc) is 1.83. The van der Waals surface area contributed by atoms with Crippen LogP contribution in [0, 0.1) is 0 Å². The maximum atomic E-state index is 10.6. The van der Waals surface area contributed by atoms with Gasteiger partial charge in [-0.1, -0.05) is 0 Å². The van der Waals surface area contributed by atoms with Crippen LogP contribution in [0.5, 0.6) is 0 Å². The maximum Gasteiger partial charge on any atom is 0.298 e. The summed E-state index contributed by atoms with van der Waals surface area (Å²) in [5.41, 5.74) is 0. The summed E-state index contributed by atoms with van der Waals surface area (Å²) >= 11 is 5.80. The maximum absolute atomic E-state index is 10.6. The van der Waals surface area contributed by atoms with Crippen molar-refractivity contribution in [2.45, 2.75) is 4.90 Å². The fourth-order valence-corrected chi connectivity index (χ4v) is 2.35. The van der Waals surface area contributed by atoms with E-state index in [2.05, 4.69) is 41.8 Å². The molecule has 0 amide bonds. The van der Waals surface area contributed by atoms with Gasteiger partial charge in [0.15, 0.2) is 4.73 Å². The minimum Gasteiger partial charge on any atom is -0.282 e. The SMILES string of the molecule is O=S(=O)(O)c1cnc(Br)nc1Br. The van der Waals surface area contributed by atoms with E-state index in [0.717, 1.165) is 6.20 Å². The van der Waals surface area contributed by atoms with Crippen LogP contribution in [0.25, 0.3) is 0 Å². The highest BCUT2D eigenvalue weighted by molar-refractivity contribution is 9.11. The number of hydrogen-bond donors (Lipinski definition) is 1. The quantitative estimate of drug-likeness (QED) is 0.479. The predicted molar refractivity (Wildman–Crippen MR) is 47.2 cm³/mol. The molecule has 1 aromatic rings. The summed E-state index contributed by atoms with van der Waals surface area (Å²) in [5.74, 6) is 0. The van der Waals surface area contributed by atoms with E-state index >= 15 is 0 Å². The van der Waals surface area contributed by atoms with Crippen LogP contribution in [0.3, 0.4) is 0 Å². The van der Waals surface area contributed by atoms with Gasteiger partial charge in [0.1, 0.15) is 9.50 Å². The monoisotopic (exact) mass is 316 g/mol. The molecule has 1 rings (SSSR count). The third-order valence-electron chi connectivity index (χ3n) is 0.960. The molecule has 0 saturated heterocycles. The van der Waals surface area contributed by atoms with Gasteiger partial charge in [-0.15, -0.1) is 0 Å². The molecule has 0 saturated carbocycles. The van der Waals surface area contributed by atoms with Crippen molar-refractivity contribution in [3.8, 4) is 0 Å². The lowest BCUT2D eigenvalue weighted by Gasteiger charge is -1.97. The summed E-state index contributed by atoms with van der Waals surface area (Å²) in [6, 6.07) is 0. The van der Waals surface area contributed by atoms with E-state index in [1.54, 1.807) is 0 Å². The van der Waals surface area contributed by atoms with Crippen molar-refractivity contribution in [1.82, 2.24) is 9.97 Å². The molecule has 8 heteroatoms. The van der Waals surface area contributed by atoms with Gasteiger partial charge in [0.2, 0.25) is 0 Å². The highest BCUT2D eigenvalue weighted by Crippen LogP contribution is 2.19. The Labute approximate surface area is 85.2 Å². The van der Waals surface area contributed by atoms with E-state index in [4.69, 9.17) is 4.55 Å². The molecule has 0 unspecified atom stereocenters. The molecule has 66 valence electrons. The molecule has 0 aromatic carbocycles. The Bertz CT molecular complexity index is 405. The Morgan fingerprint density at radius 1 is 1.42 bits per heavy atom. The van der Waals surface area contributed by atoms with E-state index in [0.29, 0.717) is 0 Å². The second-order valence-corrected chi connectivity index (χ2v) is 4.62. The first-order chi connectivity index (χ1) is 5.41. The average molecular weight is 318 g/mol. The van der Waals surface area contributed by atoms with Gasteiger partial charge in [-0.25, -0.2) is 9.97 Å². The Morgan fingerprint density at radius 2 is 2.00 bits per heavy atom. The van der Waals surface area contributed by atoms with E-state index in [9.17, 15) is 8.42 Å².